The molecule has 0 bridgehead atoms. The van der Waals surface area contributed by atoms with Crippen LogP contribution in [0.2, 0.25) is 5.02 Å². The van der Waals surface area contributed by atoms with E-state index < -0.39 is 0 Å². The zero-order chi connectivity index (χ0) is 16.8. The minimum Gasteiger partial charge on any atom is -0.496 e. The Morgan fingerprint density at radius 2 is 1.70 bits per heavy atom. The number of anilines is 1. The standard InChI is InChI=1S/C17H17ClN2O3/c1-21-13-7-16(22-2)14(17(8-13)23-3)10-20-15-5-4-12(18)6-11(15)9-19/h4-8,20H,10H2,1-3H3. The second-order valence-corrected chi connectivity index (χ2v) is 5.10. The molecule has 0 spiro atoms. The molecule has 0 atom stereocenters. The first kappa shape index (κ1) is 16.8. The number of benzene rings is 2. The van der Waals surface area contributed by atoms with Gasteiger partial charge in [-0.2, -0.15) is 5.26 Å². The highest BCUT2D eigenvalue weighted by molar-refractivity contribution is 6.30. The molecule has 2 rings (SSSR count). The lowest BCUT2D eigenvalue weighted by atomic mass is 10.1. The van der Waals surface area contributed by atoms with Gasteiger partial charge in [0.05, 0.1) is 38.1 Å². The van der Waals surface area contributed by atoms with Crippen LogP contribution in [0.25, 0.3) is 0 Å². The third kappa shape index (κ3) is 3.79. The third-order valence-electron chi connectivity index (χ3n) is 3.37. The van der Waals surface area contributed by atoms with Gasteiger partial charge in [-0.3, -0.25) is 0 Å². The lowest BCUT2D eigenvalue weighted by molar-refractivity contribution is 0.369. The molecule has 0 fully saturated rings. The lowest BCUT2D eigenvalue weighted by Crippen LogP contribution is -2.05. The molecule has 2 aromatic carbocycles. The van der Waals surface area contributed by atoms with Crippen molar-refractivity contribution < 1.29 is 14.2 Å². The highest BCUT2D eigenvalue weighted by Gasteiger charge is 2.14. The van der Waals surface area contributed by atoms with Crippen molar-refractivity contribution in [3.05, 3.63) is 46.5 Å². The summed E-state index contributed by atoms with van der Waals surface area (Å²) < 4.78 is 16.0. The molecule has 5 nitrogen and oxygen atoms in total. The van der Waals surface area contributed by atoms with Crippen molar-refractivity contribution in [1.29, 1.82) is 5.26 Å². The Kier molecular flexibility index (Phi) is 5.56. The van der Waals surface area contributed by atoms with Crippen molar-refractivity contribution in [3.8, 4) is 23.3 Å². The fourth-order valence-corrected chi connectivity index (χ4v) is 2.37. The predicted molar refractivity (Wildman–Crippen MR) is 89.6 cm³/mol. The SMILES string of the molecule is COc1cc(OC)c(CNc2ccc(Cl)cc2C#N)c(OC)c1. The summed E-state index contributed by atoms with van der Waals surface area (Å²) in [6.07, 6.45) is 0. The van der Waals surface area contributed by atoms with E-state index in [2.05, 4.69) is 11.4 Å². The molecule has 0 aromatic heterocycles. The number of halogens is 1. The smallest absolute Gasteiger partial charge is 0.131 e. The molecule has 0 unspecified atom stereocenters. The van der Waals surface area contributed by atoms with Gasteiger partial charge in [-0.05, 0) is 18.2 Å². The lowest BCUT2D eigenvalue weighted by Gasteiger charge is -2.16. The van der Waals surface area contributed by atoms with Crippen molar-refractivity contribution in [1.82, 2.24) is 0 Å². The van der Waals surface area contributed by atoms with Gasteiger partial charge >= 0.3 is 0 Å². The predicted octanol–water partition coefficient (Wildman–Crippen LogP) is 3.85. The van der Waals surface area contributed by atoms with Crippen molar-refractivity contribution in [2.75, 3.05) is 26.6 Å². The van der Waals surface area contributed by atoms with Gasteiger partial charge in [0.25, 0.3) is 0 Å². The maximum atomic E-state index is 9.20. The summed E-state index contributed by atoms with van der Waals surface area (Å²) >= 11 is 5.91. The second-order valence-electron chi connectivity index (χ2n) is 4.67. The van der Waals surface area contributed by atoms with Crippen molar-refractivity contribution in [3.63, 3.8) is 0 Å². The fraction of sp³-hybridized carbons (Fsp3) is 0.235. The summed E-state index contributed by atoms with van der Waals surface area (Å²) in [4.78, 5) is 0. The molecule has 120 valence electrons. The largest absolute Gasteiger partial charge is 0.496 e. The number of methoxy groups -OCH3 is 3. The first-order chi connectivity index (χ1) is 11.1. The van der Waals surface area contributed by atoms with Crippen LogP contribution in [0.15, 0.2) is 30.3 Å². The topological polar surface area (TPSA) is 63.5 Å². The summed E-state index contributed by atoms with van der Waals surface area (Å²) in [7, 11) is 4.75. The Bertz CT molecular complexity index is 716. The van der Waals surface area contributed by atoms with E-state index in [-0.39, 0.29) is 0 Å². The van der Waals surface area contributed by atoms with Crippen molar-refractivity contribution >= 4 is 17.3 Å². The van der Waals surface area contributed by atoms with Gasteiger partial charge in [-0.15, -0.1) is 0 Å². The van der Waals surface area contributed by atoms with E-state index in [4.69, 9.17) is 25.8 Å². The van der Waals surface area contributed by atoms with Crippen LogP contribution >= 0.6 is 11.6 Å². The van der Waals surface area contributed by atoms with E-state index in [1.165, 1.54) is 0 Å². The van der Waals surface area contributed by atoms with Crippen LogP contribution in [0.4, 0.5) is 5.69 Å². The maximum absolute atomic E-state index is 9.20. The molecule has 0 radical (unpaired) electrons. The van der Waals surface area contributed by atoms with E-state index in [1.54, 1.807) is 51.7 Å². The molecule has 0 heterocycles. The van der Waals surface area contributed by atoms with Gasteiger partial charge in [-0.1, -0.05) is 11.6 Å². The second kappa shape index (κ2) is 7.61. The molecule has 0 saturated carbocycles. The summed E-state index contributed by atoms with van der Waals surface area (Å²) in [5.41, 5.74) is 2.00. The number of hydrogen-bond acceptors (Lipinski definition) is 5. The molecule has 0 aliphatic carbocycles. The Morgan fingerprint density at radius 3 is 2.22 bits per heavy atom. The molecule has 0 saturated heterocycles. The van der Waals surface area contributed by atoms with Gasteiger partial charge in [0.2, 0.25) is 0 Å². The van der Waals surface area contributed by atoms with E-state index in [0.29, 0.717) is 40.1 Å². The highest BCUT2D eigenvalue weighted by atomic mass is 35.5. The first-order valence-electron chi connectivity index (χ1n) is 6.85. The minimum absolute atomic E-state index is 0.423. The average Bonchev–Trinajstić information content (AvgIpc) is 2.59. The van der Waals surface area contributed by atoms with Gasteiger partial charge < -0.3 is 19.5 Å². The molecule has 0 amide bonds. The zero-order valence-corrected chi connectivity index (χ0v) is 13.9. The van der Waals surface area contributed by atoms with Gasteiger partial charge in [0.1, 0.15) is 23.3 Å². The molecule has 6 heteroatoms. The molecular formula is C17H17ClN2O3. The van der Waals surface area contributed by atoms with Gasteiger partial charge in [0, 0.05) is 23.7 Å². The molecule has 0 aliphatic heterocycles. The van der Waals surface area contributed by atoms with Crippen LogP contribution in [0.1, 0.15) is 11.1 Å². The summed E-state index contributed by atoms with van der Waals surface area (Å²) in [6, 6.07) is 10.8. The molecular weight excluding hydrogens is 316 g/mol. The summed E-state index contributed by atoms with van der Waals surface area (Å²) in [5, 5.41) is 12.9. The average molecular weight is 333 g/mol. The molecule has 0 aliphatic rings. The number of nitrogens with zero attached hydrogens (tertiary/aromatic N) is 1. The fourth-order valence-electron chi connectivity index (χ4n) is 2.20. The van der Waals surface area contributed by atoms with Crippen LogP contribution in [-0.2, 0) is 6.54 Å². The monoisotopic (exact) mass is 332 g/mol. The number of nitriles is 1. The first-order valence-corrected chi connectivity index (χ1v) is 7.23. The Balaban J connectivity index is 2.32. The van der Waals surface area contributed by atoms with Crippen molar-refractivity contribution in [2.24, 2.45) is 0 Å². The number of hydrogen-bond donors (Lipinski definition) is 1. The van der Waals surface area contributed by atoms with Crippen LogP contribution in [0, 0.1) is 11.3 Å². The Morgan fingerprint density at radius 1 is 1.04 bits per heavy atom. The van der Waals surface area contributed by atoms with Crippen LogP contribution in [-0.4, -0.2) is 21.3 Å². The van der Waals surface area contributed by atoms with Gasteiger partial charge in [-0.25, -0.2) is 0 Å². The van der Waals surface area contributed by atoms with Crippen LogP contribution in [0.5, 0.6) is 17.2 Å². The highest BCUT2D eigenvalue weighted by Crippen LogP contribution is 2.34. The molecule has 23 heavy (non-hydrogen) atoms. The minimum atomic E-state index is 0.423. The maximum Gasteiger partial charge on any atom is 0.131 e. The number of rotatable bonds is 6. The van der Waals surface area contributed by atoms with Gasteiger partial charge in [0.15, 0.2) is 0 Å². The number of nitrogens with one attached hydrogen (secondary N) is 1. The molecule has 2 aromatic rings. The Hall–Kier alpha value is -2.58. The molecule has 1 N–H and O–H groups in total. The number of ether oxygens (including phenoxy) is 3. The van der Waals surface area contributed by atoms with E-state index in [9.17, 15) is 5.26 Å². The summed E-state index contributed by atoms with van der Waals surface area (Å²) in [5.74, 6) is 1.92. The van der Waals surface area contributed by atoms with Crippen molar-refractivity contribution in [2.45, 2.75) is 6.54 Å². The van der Waals surface area contributed by atoms with Crippen LogP contribution < -0.4 is 19.5 Å². The summed E-state index contributed by atoms with van der Waals surface area (Å²) in [6.45, 7) is 0.423. The zero-order valence-electron chi connectivity index (χ0n) is 13.1. The van der Waals surface area contributed by atoms with E-state index in [1.807, 2.05) is 0 Å². The van der Waals surface area contributed by atoms with E-state index >= 15 is 0 Å². The third-order valence-corrected chi connectivity index (χ3v) is 3.61. The van der Waals surface area contributed by atoms with Crippen LogP contribution in [0.3, 0.4) is 0 Å². The quantitative estimate of drug-likeness (QED) is 0.870. The normalized spacial score (nSPS) is 9.87. The van der Waals surface area contributed by atoms with E-state index in [0.717, 1.165) is 5.56 Å². The Labute approximate surface area is 140 Å².